The highest BCUT2D eigenvalue weighted by Crippen LogP contribution is 2.14. The average molecular weight is 214 g/mol. The Labute approximate surface area is 89.4 Å². The van der Waals surface area contributed by atoms with Crippen LogP contribution in [0.1, 0.15) is 23.9 Å². The molecule has 1 unspecified atom stereocenters. The lowest BCUT2D eigenvalue weighted by molar-refractivity contribution is 0.163. The molecule has 0 aliphatic rings. The topological polar surface area (TPSA) is 36.4 Å². The molecule has 1 N–H and O–H groups in total. The highest BCUT2D eigenvalue weighted by Gasteiger charge is 2.06. The van der Waals surface area contributed by atoms with Gasteiger partial charge < -0.3 is 10.0 Å². The van der Waals surface area contributed by atoms with Crippen LogP contribution in [0.2, 0.25) is 0 Å². The molecule has 1 aromatic rings. The van der Waals surface area contributed by atoms with E-state index in [1.165, 1.54) is 4.88 Å². The first kappa shape index (κ1) is 11.6. The first-order chi connectivity index (χ1) is 6.59. The summed E-state index contributed by atoms with van der Waals surface area (Å²) >= 11 is 1.70. The first-order valence-electron chi connectivity index (χ1n) is 4.85. The molecule has 0 amide bonds. The maximum Gasteiger partial charge on any atom is 0.0798 e. The summed E-state index contributed by atoms with van der Waals surface area (Å²) in [6.07, 6.45) is 0.619. The fraction of sp³-hybridized carbons (Fsp3) is 0.700. The summed E-state index contributed by atoms with van der Waals surface area (Å²) < 4.78 is 0. The second kappa shape index (κ2) is 5.44. The van der Waals surface area contributed by atoms with E-state index in [1.807, 2.05) is 19.4 Å². The highest BCUT2D eigenvalue weighted by molar-refractivity contribution is 7.09. The number of thiazole rings is 1. The fourth-order valence-electron chi connectivity index (χ4n) is 1.21. The molecule has 3 nitrogen and oxygen atoms in total. The van der Waals surface area contributed by atoms with Crippen LogP contribution in [0.4, 0.5) is 0 Å². The van der Waals surface area contributed by atoms with E-state index in [1.54, 1.807) is 11.3 Å². The van der Waals surface area contributed by atoms with E-state index in [0.717, 1.165) is 25.2 Å². The van der Waals surface area contributed by atoms with Gasteiger partial charge in [-0.1, -0.05) is 0 Å². The predicted molar refractivity (Wildman–Crippen MR) is 59.5 cm³/mol. The van der Waals surface area contributed by atoms with Gasteiger partial charge in [-0.25, -0.2) is 4.98 Å². The molecule has 0 aliphatic heterocycles. The van der Waals surface area contributed by atoms with Gasteiger partial charge in [-0.05, 0) is 27.3 Å². The molecule has 4 heteroatoms. The number of hydrogen-bond acceptors (Lipinski definition) is 4. The summed E-state index contributed by atoms with van der Waals surface area (Å²) in [5, 5.41) is 9.15. The van der Waals surface area contributed by atoms with Crippen molar-refractivity contribution in [1.29, 1.82) is 0 Å². The van der Waals surface area contributed by atoms with Crippen molar-refractivity contribution >= 4 is 11.3 Å². The van der Waals surface area contributed by atoms with Crippen molar-refractivity contribution in [2.45, 2.75) is 32.9 Å². The SMILES string of the molecule is Cc1ncsc1CN(C)CCC(C)O. The van der Waals surface area contributed by atoms with Gasteiger partial charge in [-0.3, -0.25) is 0 Å². The Morgan fingerprint density at radius 1 is 1.64 bits per heavy atom. The van der Waals surface area contributed by atoms with Gasteiger partial charge in [-0.15, -0.1) is 11.3 Å². The number of nitrogens with zero attached hydrogens (tertiary/aromatic N) is 2. The van der Waals surface area contributed by atoms with Crippen LogP contribution < -0.4 is 0 Å². The lowest BCUT2D eigenvalue weighted by atomic mass is 10.2. The molecule has 0 aromatic carbocycles. The zero-order chi connectivity index (χ0) is 10.6. The van der Waals surface area contributed by atoms with E-state index in [0.29, 0.717) is 0 Å². The van der Waals surface area contributed by atoms with Crippen LogP contribution in [0.5, 0.6) is 0 Å². The summed E-state index contributed by atoms with van der Waals surface area (Å²) in [6.45, 7) is 5.72. The molecule has 0 saturated carbocycles. The van der Waals surface area contributed by atoms with Gasteiger partial charge >= 0.3 is 0 Å². The number of rotatable bonds is 5. The highest BCUT2D eigenvalue weighted by atomic mass is 32.1. The van der Waals surface area contributed by atoms with Gasteiger partial charge in [0.05, 0.1) is 17.3 Å². The first-order valence-corrected chi connectivity index (χ1v) is 5.73. The standard InChI is InChI=1S/C10H18N2OS/c1-8(13)4-5-12(3)6-10-9(2)11-7-14-10/h7-8,13H,4-6H2,1-3H3. The molecule has 0 spiro atoms. The van der Waals surface area contributed by atoms with Gasteiger partial charge in [0.2, 0.25) is 0 Å². The van der Waals surface area contributed by atoms with Gasteiger partial charge in [0.1, 0.15) is 0 Å². The molecule has 0 saturated heterocycles. The van der Waals surface area contributed by atoms with Crippen molar-refractivity contribution in [3.63, 3.8) is 0 Å². The van der Waals surface area contributed by atoms with Crippen LogP contribution in [0, 0.1) is 6.92 Å². The maximum atomic E-state index is 9.15. The maximum absolute atomic E-state index is 9.15. The Bertz CT molecular complexity index is 273. The summed E-state index contributed by atoms with van der Waals surface area (Å²) in [5.74, 6) is 0. The number of aliphatic hydroxyl groups is 1. The van der Waals surface area contributed by atoms with Crippen molar-refractivity contribution in [2.24, 2.45) is 0 Å². The number of hydrogen-bond donors (Lipinski definition) is 1. The smallest absolute Gasteiger partial charge is 0.0798 e. The van der Waals surface area contributed by atoms with E-state index >= 15 is 0 Å². The lowest BCUT2D eigenvalue weighted by Crippen LogP contribution is -2.21. The van der Waals surface area contributed by atoms with Gasteiger partial charge in [0.25, 0.3) is 0 Å². The van der Waals surface area contributed by atoms with Crippen molar-refractivity contribution in [1.82, 2.24) is 9.88 Å². The minimum Gasteiger partial charge on any atom is -0.393 e. The van der Waals surface area contributed by atoms with E-state index in [9.17, 15) is 0 Å². The molecule has 0 bridgehead atoms. The molecule has 80 valence electrons. The summed E-state index contributed by atoms with van der Waals surface area (Å²) in [5.41, 5.74) is 3.01. The third-order valence-electron chi connectivity index (χ3n) is 2.19. The van der Waals surface area contributed by atoms with E-state index in [-0.39, 0.29) is 6.10 Å². The van der Waals surface area contributed by atoms with E-state index in [4.69, 9.17) is 5.11 Å². The molecule has 1 heterocycles. The molecule has 14 heavy (non-hydrogen) atoms. The summed E-state index contributed by atoms with van der Waals surface area (Å²) in [4.78, 5) is 7.74. The summed E-state index contributed by atoms with van der Waals surface area (Å²) in [6, 6.07) is 0. The molecule has 1 rings (SSSR count). The van der Waals surface area contributed by atoms with Crippen molar-refractivity contribution in [3.05, 3.63) is 16.1 Å². The molecular weight excluding hydrogens is 196 g/mol. The minimum absolute atomic E-state index is 0.208. The second-order valence-electron chi connectivity index (χ2n) is 3.74. The zero-order valence-electron chi connectivity index (χ0n) is 9.03. The Morgan fingerprint density at radius 3 is 2.86 bits per heavy atom. The largest absolute Gasteiger partial charge is 0.393 e. The molecule has 1 aromatic heterocycles. The van der Waals surface area contributed by atoms with Crippen LogP contribution in [0.3, 0.4) is 0 Å². The van der Waals surface area contributed by atoms with Crippen LogP contribution in [0.25, 0.3) is 0 Å². The minimum atomic E-state index is -0.208. The quantitative estimate of drug-likeness (QED) is 0.809. The lowest BCUT2D eigenvalue weighted by Gasteiger charge is -2.16. The number of aryl methyl sites for hydroxylation is 1. The van der Waals surface area contributed by atoms with Crippen LogP contribution in [0.15, 0.2) is 5.51 Å². The Hall–Kier alpha value is -0.450. The normalized spacial score (nSPS) is 13.5. The van der Waals surface area contributed by atoms with Gasteiger partial charge in [0, 0.05) is 18.0 Å². The Kier molecular flexibility index (Phi) is 4.51. The second-order valence-corrected chi connectivity index (χ2v) is 4.68. The third kappa shape index (κ3) is 3.74. The summed E-state index contributed by atoms with van der Waals surface area (Å²) in [7, 11) is 2.07. The number of aliphatic hydroxyl groups excluding tert-OH is 1. The molecule has 0 fully saturated rings. The van der Waals surface area contributed by atoms with Crippen molar-refractivity contribution in [2.75, 3.05) is 13.6 Å². The Balaban J connectivity index is 2.34. The monoisotopic (exact) mass is 214 g/mol. The van der Waals surface area contributed by atoms with Crippen LogP contribution in [-0.2, 0) is 6.54 Å². The molecule has 0 radical (unpaired) electrons. The predicted octanol–water partition coefficient (Wildman–Crippen LogP) is 1.65. The number of aromatic nitrogens is 1. The van der Waals surface area contributed by atoms with Crippen LogP contribution in [-0.4, -0.2) is 34.7 Å². The molecular formula is C10H18N2OS. The van der Waals surface area contributed by atoms with Crippen molar-refractivity contribution in [3.8, 4) is 0 Å². The molecule has 0 aliphatic carbocycles. The fourth-order valence-corrected chi connectivity index (χ4v) is 2.07. The van der Waals surface area contributed by atoms with Gasteiger partial charge in [-0.2, -0.15) is 0 Å². The van der Waals surface area contributed by atoms with Crippen molar-refractivity contribution < 1.29 is 5.11 Å². The Morgan fingerprint density at radius 2 is 2.36 bits per heavy atom. The van der Waals surface area contributed by atoms with Gasteiger partial charge in [0.15, 0.2) is 0 Å². The van der Waals surface area contributed by atoms with Crippen LogP contribution >= 0.6 is 11.3 Å². The zero-order valence-corrected chi connectivity index (χ0v) is 9.84. The van der Waals surface area contributed by atoms with E-state index in [2.05, 4.69) is 16.9 Å². The third-order valence-corrected chi connectivity index (χ3v) is 3.11. The average Bonchev–Trinajstić information content (AvgIpc) is 2.49. The molecule has 1 atom stereocenters. The van der Waals surface area contributed by atoms with E-state index < -0.39 is 0 Å².